The summed E-state index contributed by atoms with van der Waals surface area (Å²) in [5.74, 6) is -0.718. The van der Waals surface area contributed by atoms with Crippen LogP contribution in [0.25, 0.3) is 0 Å². The highest BCUT2D eigenvalue weighted by Gasteiger charge is 2.28. The summed E-state index contributed by atoms with van der Waals surface area (Å²) in [7, 11) is 0. The molecule has 3 rings (SSSR count). The standard InChI is InChI=1S/C13H10N4O3/c18-11-6-5-9(15-16-11)13(20)17-7-12(19)14-8-3-1-2-4-10(8)17/h1-6H,7H2,(H,14,19)(H,16,18). The highest BCUT2D eigenvalue weighted by molar-refractivity contribution is 6.14. The molecule has 7 nitrogen and oxygen atoms in total. The Bertz CT molecular complexity index is 733. The molecule has 0 saturated heterocycles. The zero-order chi connectivity index (χ0) is 14.1. The number of benzene rings is 1. The van der Waals surface area contributed by atoms with E-state index in [1.54, 1.807) is 24.3 Å². The van der Waals surface area contributed by atoms with Crippen molar-refractivity contribution in [3.63, 3.8) is 0 Å². The van der Waals surface area contributed by atoms with E-state index in [2.05, 4.69) is 15.5 Å². The number of amides is 2. The number of carbonyl (C=O) groups excluding carboxylic acids is 2. The maximum Gasteiger partial charge on any atom is 0.279 e. The molecule has 0 spiro atoms. The Morgan fingerprint density at radius 1 is 1.15 bits per heavy atom. The molecular formula is C13H10N4O3. The van der Waals surface area contributed by atoms with E-state index in [9.17, 15) is 14.4 Å². The normalized spacial score (nSPS) is 13.6. The van der Waals surface area contributed by atoms with Crippen LogP contribution in [0.4, 0.5) is 11.4 Å². The van der Waals surface area contributed by atoms with Crippen molar-refractivity contribution in [3.8, 4) is 0 Å². The first-order chi connectivity index (χ1) is 9.65. The lowest BCUT2D eigenvalue weighted by molar-refractivity contribution is -0.115. The number of hydrogen-bond acceptors (Lipinski definition) is 4. The van der Waals surface area contributed by atoms with E-state index in [1.807, 2.05) is 0 Å². The van der Waals surface area contributed by atoms with Gasteiger partial charge in [0.25, 0.3) is 11.5 Å². The maximum absolute atomic E-state index is 12.4. The zero-order valence-electron chi connectivity index (χ0n) is 10.3. The number of aromatic amines is 1. The van der Waals surface area contributed by atoms with E-state index in [0.717, 1.165) is 0 Å². The van der Waals surface area contributed by atoms with Crippen LogP contribution in [0.2, 0.25) is 0 Å². The number of rotatable bonds is 1. The topological polar surface area (TPSA) is 95.2 Å². The first-order valence-electron chi connectivity index (χ1n) is 5.91. The van der Waals surface area contributed by atoms with Gasteiger partial charge in [-0.25, -0.2) is 5.10 Å². The van der Waals surface area contributed by atoms with Gasteiger partial charge in [-0.2, -0.15) is 5.10 Å². The van der Waals surface area contributed by atoms with Crippen molar-refractivity contribution in [1.29, 1.82) is 0 Å². The molecule has 20 heavy (non-hydrogen) atoms. The van der Waals surface area contributed by atoms with Gasteiger partial charge in [-0.15, -0.1) is 0 Å². The lowest BCUT2D eigenvalue weighted by atomic mass is 10.2. The van der Waals surface area contributed by atoms with Gasteiger partial charge in [0.15, 0.2) is 0 Å². The lowest BCUT2D eigenvalue weighted by Gasteiger charge is -2.28. The van der Waals surface area contributed by atoms with E-state index in [4.69, 9.17) is 0 Å². The number of aromatic nitrogens is 2. The number of nitrogens with zero attached hydrogens (tertiary/aromatic N) is 2. The third kappa shape index (κ3) is 2.05. The fourth-order valence-electron chi connectivity index (χ4n) is 2.02. The number of carbonyl (C=O) groups is 2. The van der Waals surface area contributed by atoms with Gasteiger partial charge >= 0.3 is 0 Å². The van der Waals surface area contributed by atoms with Crippen molar-refractivity contribution in [1.82, 2.24) is 10.2 Å². The number of hydrogen-bond donors (Lipinski definition) is 2. The van der Waals surface area contributed by atoms with E-state index >= 15 is 0 Å². The van der Waals surface area contributed by atoms with Gasteiger partial charge in [0.1, 0.15) is 12.2 Å². The molecule has 0 radical (unpaired) electrons. The van der Waals surface area contributed by atoms with Crippen molar-refractivity contribution in [2.75, 3.05) is 16.8 Å². The summed E-state index contributed by atoms with van der Waals surface area (Å²) in [6, 6.07) is 9.54. The van der Waals surface area contributed by atoms with Crippen molar-refractivity contribution < 1.29 is 9.59 Å². The number of fused-ring (bicyclic) bond motifs is 1. The largest absolute Gasteiger partial charge is 0.323 e. The molecule has 2 aromatic rings. The van der Waals surface area contributed by atoms with Crippen LogP contribution in [-0.2, 0) is 4.79 Å². The molecule has 2 amide bonds. The zero-order valence-corrected chi connectivity index (χ0v) is 10.3. The van der Waals surface area contributed by atoms with Crippen LogP contribution >= 0.6 is 0 Å². The predicted molar refractivity (Wildman–Crippen MR) is 71.6 cm³/mol. The van der Waals surface area contributed by atoms with Crippen LogP contribution < -0.4 is 15.8 Å². The summed E-state index contributed by atoms with van der Waals surface area (Å²) < 4.78 is 0. The summed E-state index contributed by atoms with van der Waals surface area (Å²) in [6.45, 7) is -0.0867. The van der Waals surface area contributed by atoms with Gasteiger partial charge in [0, 0.05) is 6.07 Å². The molecular weight excluding hydrogens is 260 g/mol. The summed E-state index contributed by atoms with van der Waals surface area (Å²) in [5.41, 5.74) is 0.860. The van der Waals surface area contributed by atoms with Crippen molar-refractivity contribution >= 4 is 23.2 Å². The maximum atomic E-state index is 12.4. The highest BCUT2D eigenvalue weighted by Crippen LogP contribution is 2.29. The van der Waals surface area contributed by atoms with E-state index in [1.165, 1.54) is 17.0 Å². The molecule has 0 fully saturated rings. The molecule has 2 heterocycles. The van der Waals surface area contributed by atoms with Crippen LogP contribution in [0, 0.1) is 0 Å². The summed E-state index contributed by atoms with van der Waals surface area (Å²) in [4.78, 5) is 36.3. The monoisotopic (exact) mass is 270 g/mol. The molecule has 100 valence electrons. The first kappa shape index (κ1) is 12.1. The van der Waals surface area contributed by atoms with E-state index in [-0.39, 0.29) is 18.1 Å². The van der Waals surface area contributed by atoms with Crippen molar-refractivity contribution in [3.05, 3.63) is 52.4 Å². The summed E-state index contributed by atoms with van der Waals surface area (Å²) in [5, 5.41) is 8.59. The van der Waals surface area contributed by atoms with Crippen LogP contribution in [0.1, 0.15) is 10.5 Å². The van der Waals surface area contributed by atoms with E-state index in [0.29, 0.717) is 11.4 Å². The number of nitrogens with one attached hydrogen (secondary N) is 2. The van der Waals surface area contributed by atoms with Gasteiger partial charge in [0.2, 0.25) is 5.91 Å². The van der Waals surface area contributed by atoms with Crippen LogP contribution in [0.3, 0.4) is 0 Å². The minimum absolute atomic E-state index is 0.0779. The first-order valence-corrected chi connectivity index (χ1v) is 5.91. The molecule has 0 unspecified atom stereocenters. The second kappa shape index (κ2) is 4.61. The third-order valence-corrected chi connectivity index (χ3v) is 2.91. The lowest BCUT2D eigenvalue weighted by Crippen LogP contribution is -2.42. The molecule has 1 aliphatic heterocycles. The minimum atomic E-state index is -0.441. The van der Waals surface area contributed by atoms with Crippen molar-refractivity contribution in [2.45, 2.75) is 0 Å². The third-order valence-electron chi connectivity index (χ3n) is 2.91. The van der Waals surface area contributed by atoms with Crippen LogP contribution in [-0.4, -0.2) is 28.6 Å². The van der Waals surface area contributed by atoms with Crippen LogP contribution in [0.5, 0.6) is 0 Å². The number of para-hydroxylation sites is 2. The van der Waals surface area contributed by atoms with Gasteiger partial charge in [-0.1, -0.05) is 12.1 Å². The Balaban J connectivity index is 2.01. The Morgan fingerprint density at radius 3 is 2.70 bits per heavy atom. The SMILES string of the molecule is O=C1CN(C(=O)c2ccc(=O)[nH]n2)c2ccccc2N1. The summed E-state index contributed by atoms with van der Waals surface area (Å²) >= 11 is 0. The minimum Gasteiger partial charge on any atom is -0.323 e. The van der Waals surface area contributed by atoms with Gasteiger partial charge in [-0.05, 0) is 18.2 Å². The molecule has 0 atom stereocenters. The predicted octanol–water partition coefficient (Wildman–Crippen LogP) is 0.369. The number of H-pyrrole nitrogens is 1. The van der Waals surface area contributed by atoms with Crippen molar-refractivity contribution in [2.24, 2.45) is 0 Å². The Kier molecular flexibility index (Phi) is 2.79. The van der Waals surface area contributed by atoms with Gasteiger partial charge in [-0.3, -0.25) is 19.3 Å². The average Bonchev–Trinajstić information content (AvgIpc) is 2.46. The second-order valence-corrected chi connectivity index (χ2v) is 4.26. The molecule has 2 N–H and O–H groups in total. The molecule has 0 saturated carbocycles. The Hall–Kier alpha value is -2.96. The molecule has 1 aromatic carbocycles. The molecule has 0 bridgehead atoms. The summed E-state index contributed by atoms with van der Waals surface area (Å²) in [6.07, 6.45) is 0. The number of anilines is 2. The fourth-order valence-corrected chi connectivity index (χ4v) is 2.02. The average molecular weight is 270 g/mol. The highest BCUT2D eigenvalue weighted by atomic mass is 16.2. The van der Waals surface area contributed by atoms with Crippen LogP contribution in [0.15, 0.2) is 41.2 Å². The molecule has 0 aliphatic carbocycles. The second-order valence-electron chi connectivity index (χ2n) is 4.26. The Morgan fingerprint density at radius 2 is 1.95 bits per heavy atom. The quantitative estimate of drug-likeness (QED) is 0.782. The fraction of sp³-hybridized carbons (Fsp3) is 0.0769. The van der Waals surface area contributed by atoms with Gasteiger partial charge < -0.3 is 5.32 Å². The molecule has 1 aromatic heterocycles. The van der Waals surface area contributed by atoms with Gasteiger partial charge in [0.05, 0.1) is 11.4 Å². The van der Waals surface area contributed by atoms with E-state index < -0.39 is 11.5 Å². The smallest absolute Gasteiger partial charge is 0.279 e. The molecule has 7 heteroatoms. The Labute approximate surface area is 113 Å². The molecule has 1 aliphatic rings.